The van der Waals surface area contributed by atoms with Crippen LogP contribution in [-0.2, 0) is 9.53 Å². The Kier molecular flexibility index (Phi) is 6.24. The molecule has 1 aromatic rings. The maximum Gasteiger partial charge on any atom is 0.166 e. The van der Waals surface area contributed by atoms with Gasteiger partial charge in [-0.15, -0.1) is 11.3 Å². The Hall–Kier alpha value is -0.190. The van der Waals surface area contributed by atoms with Crippen molar-refractivity contribution in [2.75, 3.05) is 6.61 Å². The molecule has 0 aromatic carbocycles. The van der Waals surface area contributed by atoms with Crippen molar-refractivity contribution in [1.29, 1.82) is 0 Å². The molecule has 0 aliphatic heterocycles. The minimum atomic E-state index is -0.365. The zero-order valence-corrected chi connectivity index (χ0v) is 12.1. The summed E-state index contributed by atoms with van der Waals surface area (Å²) in [5, 5.41) is 1.98. The molecule has 0 aliphatic rings. The van der Waals surface area contributed by atoms with Crippen molar-refractivity contribution in [2.45, 2.75) is 39.2 Å². The van der Waals surface area contributed by atoms with E-state index in [0.29, 0.717) is 13.0 Å². The van der Waals surface area contributed by atoms with Gasteiger partial charge in [0.05, 0.1) is 0 Å². The Balaban J connectivity index is 2.74. The monoisotopic (exact) mass is 304 g/mol. The highest BCUT2D eigenvalue weighted by molar-refractivity contribution is 9.10. The minimum Gasteiger partial charge on any atom is -0.365 e. The van der Waals surface area contributed by atoms with Crippen LogP contribution in [0.1, 0.15) is 44.1 Å². The van der Waals surface area contributed by atoms with E-state index in [0.717, 1.165) is 22.2 Å². The summed E-state index contributed by atoms with van der Waals surface area (Å²) in [6, 6.07) is 1.97. The molecule has 1 unspecified atom stereocenters. The van der Waals surface area contributed by atoms with Crippen LogP contribution < -0.4 is 0 Å². The summed E-state index contributed by atoms with van der Waals surface area (Å²) in [5.41, 5.74) is 0. The van der Waals surface area contributed by atoms with Crippen molar-refractivity contribution in [3.8, 4) is 0 Å². The summed E-state index contributed by atoms with van der Waals surface area (Å²) in [6.45, 7) is 4.69. The molecule has 0 N–H and O–H groups in total. The largest absolute Gasteiger partial charge is 0.365 e. The molecule has 16 heavy (non-hydrogen) atoms. The lowest BCUT2D eigenvalue weighted by Crippen LogP contribution is -2.15. The number of carbonyl (C=O) groups excluding carboxylic acids is 1. The highest BCUT2D eigenvalue weighted by atomic mass is 79.9. The molecule has 0 radical (unpaired) electrons. The Morgan fingerprint density at radius 2 is 2.25 bits per heavy atom. The fraction of sp³-hybridized carbons (Fsp3) is 0.583. The van der Waals surface area contributed by atoms with E-state index in [1.807, 2.05) is 25.3 Å². The van der Waals surface area contributed by atoms with Crippen LogP contribution >= 0.6 is 27.3 Å². The lowest BCUT2D eigenvalue weighted by molar-refractivity contribution is -0.130. The second-order valence-electron chi connectivity index (χ2n) is 3.63. The number of ether oxygens (including phenoxy) is 1. The maximum atomic E-state index is 11.9. The Bertz CT molecular complexity index is 336. The van der Waals surface area contributed by atoms with E-state index in [-0.39, 0.29) is 11.9 Å². The number of Topliss-reactive ketones (excluding diaryl/α,β-unsaturated/α-hetero) is 1. The Morgan fingerprint density at radius 3 is 2.75 bits per heavy atom. The predicted molar refractivity (Wildman–Crippen MR) is 70.9 cm³/mol. The van der Waals surface area contributed by atoms with Gasteiger partial charge >= 0.3 is 0 Å². The first-order valence-corrected chi connectivity index (χ1v) is 7.24. The molecule has 1 rings (SSSR count). The molecule has 0 amide bonds. The zero-order chi connectivity index (χ0) is 12.0. The number of hydrogen-bond donors (Lipinski definition) is 0. The molecule has 4 heteroatoms. The number of ketones is 1. The molecule has 0 aliphatic carbocycles. The Morgan fingerprint density at radius 1 is 1.50 bits per heavy atom. The lowest BCUT2D eigenvalue weighted by atomic mass is 10.1. The lowest BCUT2D eigenvalue weighted by Gasteiger charge is -2.14. The van der Waals surface area contributed by atoms with Crippen molar-refractivity contribution < 1.29 is 9.53 Å². The molecule has 2 nitrogen and oxygen atoms in total. The van der Waals surface area contributed by atoms with Gasteiger partial charge in [0.2, 0.25) is 0 Å². The first-order chi connectivity index (χ1) is 7.69. The van der Waals surface area contributed by atoms with Crippen molar-refractivity contribution in [2.24, 2.45) is 0 Å². The summed E-state index contributed by atoms with van der Waals surface area (Å²) in [5.74, 6) is 0.185. The van der Waals surface area contributed by atoms with Crippen LogP contribution in [0.15, 0.2) is 15.9 Å². The number of thiophene rings is 1. The molecule has 0 saturated carbocycles. The SMILES string of the molecule is CCCOC(C(=O)CCC)c1cc(Br)cs1. The number of halogens is 1. The van der Waals surface area contributed by atoms with Gasteiger partial charge in [-0.2, -0.15) is 0 Å². The molecule has 0 bridgehead atoms. The highest BCUT2D eigenvalue weighted by Gasteiger charge is 2.21. The molecule has 0 saturated heterocycles. The van der Waals surface area contributed by atoms with Crippen LogP contribution in [0.3, 0.4) is 0 Å². The molecule has 90 valence electrons. The van der Waals surface area contributed by atoms with Crippen LogP contribution in [0.25, 0.3) is 0 Å². The van der Waals surface area contributed by atoms with Gasteiger partial charge in [-0.25, -0.2) is 0 Å². The average molecular weight is 305 g/mol. The normalized spacial score (nSPS) is 12.7. The van der Waals surface area contributed by atoms with E-state index in [4.69, 9.17) is 4.74 Å². The summed E-state index contributed by atoms with van der Waals surface area (Å²) in [7, 11) is 0. The quantitative estimate of drug-likeness (QED) is 0.748. The van der Waals surface area contributed by atoms with Crippen LogP contribution in [0.4, 0.5) is 0 Å². The molecule has 1 heterocycles. The third kappa shape index (κ3) is 4.00. The molecular weight excluding hydrogens is 288 g/mol. The van der Waals surface area contributed by atoms with E-state index in [1.54, 1.807) is 11.3 Å². The standard InChI is InChI=1S/C12H17BrO2S/c1-3-5-10(14)12(15-6-4-2)11-7-9(13)8-16-11/h7-8,12H,3-6H2,1-2H3. The Labute approximate surface area is 109 Å². The molecular formula is C12H17BrO2S. The summed E-state index contributed by atoms with van der Waals surface area (Å²) >= 11 is 4.97. The van der Waals surface area contributed by atoms with Gasteiger partial charge in [-0.1, -0.05) is 13.8 Å². The van der Waals surface area contributed by atoms with Gasteiger partial charge in [0.15, 0.2) is 5.78 Å². The van der Waals surface area contributed by atoms with Gasteiger partial charge in [-0.05, 0) is 34.8 Å². The molecule has 1 atom stereocenters. The van der Waals surface area contributed by atoms with E-state index in [9.17, 15) is 4.79 Å². The minimum absolute atomic E-state index is 0.185. The summed E-state index contributed by atoms with van der Waals surface area (Å²) in [6.07, 6.45) is 2.03. The number of hydrogen-bond acceptors (Lipinski definition) is 3. The first-order valence-electron chi connectivity index (χ1n) is 5.57. The summed E-state index contributed by atoms with van der Waals surface area (Å²) < 4.78 is 6.66. The van der Waals surface area contributed by atoms with Gasteiger partial charge < -0.3 is 4.74 Å². The van der Waals surface area contributed by atoms with Crippen LogP contribution in [-0.4, -0.2) is 12.4 Å². The third-order valence-electron chi connectivity index (χ3n) is 2.12. The average Bonchev–Trinajstić information content (AvgIpc) is 2.66. The highest BCUT2D eigenvalue weighted by Crippen LogP contribution is 2.29. The van der Waals surface area contributed by atoms with Gasteiger partial charge in [0.1, 0.15) is 6.10 Å². The second-order valence-corrected chi connectivity index (χ2v) is 5.49. The molecule has 0 fully saturated rings. The third-order valence-corrected chi connectivity index (χ3v) is 3.86. The fourth-order valence-electron chi connectivity index (χ4n) is 1.41. The zero-order valence-electron chi connectivity index (χ0n) is 9.66. The topological polar surface area (TPSA) is 26.3 Å². The second kappa shape index (κ2) is 7.20. The van der Waals surface area contributed by atoms with Gasteiger partial charge in [-0.3, -0.25) is 4.79 Å². The van der Waals surface area contributed by atoms with E-state index < -0.39 is 0 Å². The molecule has 1 aromatic heterocycles. The number of rotatable bonds is 7. The van der Waals surface area contributed by atoms with Gasteiger partial charge in [0.25, 0.3) is 0 Å². The smallest absolute Gasteiger partial charge is 0.166 e. The van der Waals surface area contributed by atoms with Crippen molar-refractivity contribution >= 4 is 33.0 Å². The maximum absolute atomic E-state index is 11.9. The van der Waals surface area contributed by atoms with E-state index >= 15 is 0 Å². The van der Waals surface area contributed by atoms with Crippen LogP contribution in [0, 0.1) is 0 Å². The van der Waals surface area contributed by atoms with Crippen LogP contribution in [0.5, 0.6) is 0 Å². The number of carbonyl (C=O) groups is 1. The summed E-state index contributed by atoms with van der Waals surface area (Å²) in [4.78, 5) is 12.9. The fourth-order valence-corrected chi connectivity index (χ4v) is 2.93. The first kappa shape index (κ1) is 13.9. The predicted octanol–water partition coefficient (Wildman–Crippen LogP) is 4.35. The van der Waals surface area contributed by atoms with Crippen molar-refractivity contribution in [3.05, 3.63) is 20.8 Å². The van der Waals surface area contributed by atoms with Crippen molar-refractivity contribution in [1.82, 2.24) is 0 Å². The molecule has 0 spiro atoms. The van der Waals surface area contributed by atoms with Gasteiger partial charge in [0, 0.05) is 27.8 Å². The van der Waals surface area contributed by atoms with Crippen LogP contribution in [0.2, 0.25) is 0 Å². The van der Waals surface area contributed by atoms with Crippen molar-refractivity contribution in [3.63, 3.8) is 0 Å². The van der Waals surface area contributed by atoms with E-state index in [1.165, 1.54) is 0 Å². The van der Waals surface area contributed by atoms with E-state index in [2.05, 4.69) is 15.9 Å².